The zero-order valence-electron chi connectivity index (χ0n) is 10.3. The Labute approximate surface area is 93.8 Å². The summed E-state index contributed by atoms with van der Waals surface area (Å²) in [6.45, 7) is 9.67. The molecule has 1 N–H and O–H groups in total. The van der Waals surface area contributed by atoms with E-state index in [-0.39, 0.29) is 0 Å². The molecule has 86 valence electrons. The highest BCUT2D eigenvalue weighted by molar-refractivity contribution is 4.98. The molecule has 5 unspecified atom stereocenters. The van der Waals surface area contributed by atoms with Crippen LogP contribution in [0.4, 0.5) is 0 Å². The fourth-order valence-corrected chi connectivity index (χ4v) is 2.72. The van der Waals surface area contributed by atoms with Crippen molar-refractivity contribution in [3.63, 3.8) is 0 Å². The first kappa shape index (κ1) is 12.5. The molecule has 15 heavy (non-hydrogen) atoms. The Morgan fingerprint density at radius 3 is 2.40 bits per heavy atom. The lowest BCUT2D eigenvalue weighted by Gasteiger charge is -2.28. The van der Waals surface area contributed by atoms with E-state index in [1.807, 2.05) is 0 Å². The summed E-state index contributed by atoms with van der Waals surface area (Å²) < 4.78 is 5.85. The van der Waals surface area contributed by atoms with Gasteiger partial charge in [0.25, 0.3) is 0 Å². The largest absolute Gasteiger partial charge is 0.375 e. The van der Waals surface area contributed by atoms with Gasteiger partial charge in [-0.05, 0) is 26.3 Å². The van der Waals surface area contributed by atoms with Crippen LogP contribution in [-0.4, -0.2) is 24.8 Å². The molecular weight excluding hydrogens is 186 g/mol. The first-order valence-electron chi connectivity index (χ1n) is 5.94. The molecule has 0 spiro atoms. The van der Waals surface area contributed by atoms with E-state index in [0.717, 1.165) is 13.0 Å². The van der Waals surface area contributed by atoms with Crippen molar-refractivity contribution in [3.05, 3.63) is 0 Å². The average Bonchev–Trinajstić information content (AvgIpc) is 2.41. The van der Waals surface area contributed by atoms with E-state index in [2.05, 4.69) is 38.9 Å². The lowest BCUT2D eigenvalue weighted by atomic mass is 9.82. The maximum Gasteiger partial charge on any atom is 0.0597 e. The van der Waals surface area contributed by atoms with Crippen LogP contribution in [0.2, 0.25) is 0 Å². The minimum Gasteiger partial charge on any atom is -0.375 e. The van der Waals surface area contributed by atoms with E-state index in [4.69, 9.17) is 11.2 Å². The number of ether oxygens (including phenoxy) is 1. The molecule has 2 heteroatoms. The second-order valence-corrected chi connectivity index (χ2v) is 4.56. The molecule has 0 aromatic carbocycles. The SMILES string of the molecule is C#CCC(NCC)C1C(C)OC(C)C1C. The summed E-state index contributed by atoms with van der Waals surface area (Å²) in [4.78, 5) is 0. The molecular formula is C13H23NO. The monoisotopic (exact) mass is 209 g/mol. The summed E-state index contributed by atoms with van der Waals surface area (Å²) in [5, 5.41) is 3.48. The second-order valence-electron chi connectivity index (χ2n) is 4.56. The van der Waals surface area contributed by atoms with Crippen molar-refractivity contribution in [3.8, 4) is 12.3 Å². The van der Waals surface area contributed by atoms with Gasteiger partial charge in [-0.25, -0.2) is 0 Å². The Bertz CT molecular complexity index is 233. The number of hydrogen-bond acceptors (Lipinski definition) is 2. The van der Waals surface area contributed by atoms with Crippen LogP contribution in [0.3, 0.4) is 0 Å². The van der Waals surface area contributed by atoms with Crippen LogP contribution >= 0.6 is 0 Å². The molecule has 1 heterocycles. The van der Waals surface area contributed by atoms with Gasteiger partial charge in [-0.3, -0.25) is 0 Å². The van der Waals surface area contributed by atoms with E-state index in [9.17, 15) is 0 Å². The van der Waals surface area contributed by atoms with Crippen LogP contribution in [0.1, 0.15) is 34.1 Å². The minimum absolute atomic E-state index is 0.312. The highest BCUT2D eigenvalue weighted by Gasteiger charge is 2.40. The summed E-state index contributed by atoms with van der Waals surface area (Å²) >= 11 is 0. The first-order chi connectivity index (χ1) is 7.11. The zero-order valence-corrected chi connectivity index (χ0v) is 10.3. The predicted molar refractivity (Wildman–Crippen MR) is 63.6 cm³/mol. The van der Waals surface area contributed by atoms with Gasteiger partial charge in [-0.1, -0.05) is 13.8 Å². The Balaban J connectivity index is 2.69. The maximum absolute atomic E-state index is 5.85. The van der Waals surface area contributed by atoms with Crippen molar-refractivity contribution in [1.29, 1.82) is 0 Å². The van der Waals surface area contributed by atoms with Crippen molar-refractivity contribution < 1.29 is 4.74 Å². The van der Waals surface area contributed by atoms with Gasteiger partial charge in [0.1, 0.15) is 0 Å². The van der Waals surface area contributed by atoms with Gasteiger partial charge in [-0.2, -0.15) is 0 Å². The molecule has 1 fully saturated rings. The summed E-state index contributed by atoms with van der Waals surface area (Å²) in [6, 6.07) is 0.398. The van der Waals surface area contributed by atoms with Gasteiger partial charge in [-0.15, -0.1) is 12.3 Å². The molecule has 0 aromatic rings. The smallest absolute Gasteiger partial charge is 0.0597 e. The van der Waals surface area contributed by atoms with Crippen LogP contribution in [-0.2, 0) is 4.74 Å². The number of terminal acetylenes is 1. The normalized spacial score (nSPS) is 37.5. The lowest BCUT2D eigenvalue weighted by Crippen LogP contribution is -2.41. The fourth-order valence-electron chi connectivity index (χ4n) is 2.72. The van der Waals surface area contributed by atoms with Gasteiger partial charge < -0.3 is 10.1 Å². The average molecular weight is 209 g/mol. The lowest BCUT2D eigenvalue weighted by molar-refractivity contribution is 0.0478. The zero-order chi connectivity index (χ0) is 11.4. The second kappa shape index (κ2) is 5.53. The number of rotatable bonds is 4. The highest BCUT2D eigenvalue weighted by Crippen LogP contribution is 2.35. The molecule has 1 saturated heterocycles. The maximum atomic E-state index is 5.85. The molecule has 0 amide bonds. The minimum atomic E-state index is 0.312. The van der Waals surface area contributed by atoms with Gasteiger partial charge in [0.05, 0.1) is 12.2 Å². The van der Waals surface area contributed by atoms with Crippen LogP contribution in [0, 0.1) is 24.2 Å². The van der Waals surface area contributed by atoms with Gasteiger partial charge in [0, 0.05) is 18.4 Å². The van der Waals surface area contributed by atoms with Crippen molar-refractivity contribution in [2.24, 2.45) is 11.8 Å². The van der Waals surface area contributed by atoms with Crippen LogP contribution in [0.5, 0.6) is 0 Å². The van der Waals surface area contributed by atoms with Crippen LogP contribution in [0.25, 0.3) is 0 Å². The molecule has 2 nitrogen and oxygen atoms in total. The van der Waals surface area contributed by atoms with Crippen molar-refractivity contribution in [2.45, 2.75) is 52.4 Å². The van der Waals surface area contributed by atoms with Gasteiger partial charge >= 0.3 is 0 Å². The third kappa shape index (κ3) is 2.74. The van der Waals surface area contributed by atoms with Crippen molar-refractivity contribution in [2.75, 3.05) is 6.54 Å². The molecule has 0 aromatic heterocycles. The van der Waals surface area contributed by atoms with Crippen LogP contribution < -0.4 is 5.32 Å². The third-order valence-electron chi connectivity index (χ3n) is 3.59. The van der Waals surface area contributed by atoms with Gasteiger partial charge in [0.2, 0.25) is 0 Å². The quantitative estimate of drug-likeness (QED) is 0.716. The Morgan fingerprint density at radius 1 is 1.33 bits per heavy atom. The topological polar surface area (TPSA) is 21.3 Å². The van der Waals surface area contributed by atoms with Crippen LogP contribution in [0.15, 0.2) is 0 Å². The van der Waals surface area contributed by atoms with Crippen molar-refractivity contribution in [1.82, 2.24) is 5.32 Å². The molecule has 0 aliphatic carbocycles. The standard InChI is InChI=1S/C13H23NO/c1-6-8-12(14-7-2)13-9(3)10(4)15-11(13)5/h1,9-14H,7-8H2,2-5H3. The van der Waals surface area contributed by atoms with E-state index in [0.29, 0.717) is 30.1 Å². The summed E-state index contributed by atoms with van der Waals surface area (Å²) in [7, 11) is 0. The summed E-state index contributed by atoms with van der Waals surface area (Å²) in [6.07, 6.45) is 6.88. The number of hydrogen-bond donors (Lipinski definition) is 1. The van der Waals surface area contributed by atoms with E-state index < -0.39 is 0 Å². The number of nitrogens with one attached hydrogen (secondary N) is 1. The first-order valence-corrected chi connectivity index (χ1v) is 5.94. The van der Waals surface area contributed by atoms with E-state index in [1.165, 1.54) is 0 Å². The Morgan fingerprint density at radius 2 is 2.00 bits per heavy atom. The molecule has 1 rings (SSSR count). The summed E-state index contributed by atoms with van der Waals surface area (Å²) in [5.41, 5.74) is 0. The molecule has 5 atom stereocenters. The molecule has 0 radical (unpaired) electrons. The Kier molecular flexibility index (Phi) is 4.63. The summed E-state index contributed by atoms with van der Waals surface area (Å²) in [5.74, 6) is 3.89. The molecule has 0 bridgehead atoms. The highest BCUT2D eigenvalue weighted by atomic mass is 16.5. The van der Waals surface area contributed by atoms with Gasteiger partial charge in [0.15, 0.2) is 0 Å². The Hall–Kier alpha value is -0.520. The molecule has 1 aliphatic rings. The van der Waals surface area contributed by atoms with E-state index in [1.54, 1.807) is 0 Å². The van der Waals surface area contributed by atoms with Crippen molar-refractivity contribution >= 4 is 0 Å². The predicted octanol–water partition coefficient (Wildman–Crippen LogP) is 2.05. The van der Waals surface area contributed by atoms with E-state index >= 15 is 0 Å². The third-order valence-corrected chi connectivity index (χ3v) is 3.59. The molecule has 0 saturated carbocycles. The fraction of sp³-hybridized carbons (Fsp3) is 0.846. The molecule has 1 aliphatic heterocycles.